The maximum Gasteiger partial charge on any atom is 0.280 e. The van der Waals surface area contributed by atoms with E-state index in [0.29, 0.717) is 19.5 Å². The van der Waals surface area contributed by atoms with Crippen LogP contribution in [0.15, 0.2) is 0 Å². The second-order valence-electron chi connectivity index (χ2n) is 3.07. The van der Waals surface area contributed by atoms with Crippen LogP contribution in [0.4, 0.5) is 0 Å². The molecule has 0 aromatic heterocycles. The lowest BCUT2D eigenvalue weighted by atomic mass is 10.2. The zero-order valence-electron chi connectivity index (χ0n) is 9.36. The van der Waals surface area contributed by atoms with Gasteiger partial charge in [0, 0.05) is 13.1 Å². The highest BCUT2D eigenvalue weighted by Gasteiger charge is 2.23. The van der Waals surface area contributed by atoms with Crippen molar-refractivity contribution < 1.29 is 8.42 Å². The highest BCUT2D eigenvalue weighted by Crippen LogP contribution is 2.01. The van der Waals surface area contributed by atoms with Crippen molar-refractivity contribution in [3.8, 4) is 0 Å². The van der Waals surface area contributed by atoms with E-state index in [2.05, 4.69) is 4.72 Å². The molecule has 0 saturated heterocycles. The zero-order valence-corrected chi connectivity index (χ0v) is 11.0. The number of rotatable bonds is 7. The Bertz CT molecular complexity index is 299. The highest BCUT2D eigenvalue weighted by molar-refractivity contribution is 7.87. The standard InChI is InChI=1S/C8H19N3O2S2/c1-4-7(8(9)14)10-15(12,13)11(5-2)6-3/h7,10H,4-6H2,1-3H3,(H2,9,14). The van der Waals surface area contributed by atoms with E-state index in [1.807, 2.05) is 6.92 Å². The molecule has 1 atom stereocenters. The summed E-state index contributed by atoms with van der Waals surface area (Å²) in [7, 11) is -3.46. The quantitative estimate of drug-likeness (QED) is 0.637. The molecule has 5 nitrogen and oxygen atoms in total. The van der Waals surface area contributed by atoms with Crippen molar-refractivity contribution >= 4 is 27.4 Å². The van der Waals surface area contributed by atoms with Crippen LogP contribution in [0.1, 0.15) is 27.2 Å². The van der Waals surface area contributed by atoms with Gasteiger partial charge in [-0.05, 0) is 6.42 Å². The van der Waals surface area contributed by atoms with Gasteiger partial charge in [0.15, 0.2) is 0 Å². The van der Waals surface area contributed by atoms with Gasteiger partial charge >= 0.3 is 0 Å². The van der Waals surface area contributed by atoms with Crippen LogP contribution in [0, 0.1) is 0 Å². The summed E-state index contributed by atoms with van der Waals surface area (Å²) in [6, 6.07) is -0.467. The molecule has 15 heavy (non-hydrogen) atoms. The van der Waals surface area contributed by atoms with E-state index in [0.717, 1.165) is 0 Å². The molecule has 0 aromatic rings. The summed E-state index contributed by atoms with van der Waals surface area (Å²) in [5.41, 5.74) is 5.42. The number of thiocarbonyl (C=S) groups is 1. The summed E-state index contributed by atoms with van der Waals surface area (Å²) in [5, 5.41) is 0. The Morgan fingerprint density at radius 1 is 1.40 bits per heavy atom. The largest absolute Gasteiger partial charge is 0.392 e. The van der Waals surface area contributed by atoms with Crippen LogP contribution in [0.25, 0.3) is 0 Å². The van der Waals surface area contributed by atoms with Crippen molar-refractivity contribution in [1.82, 2.24) is 9.03 Å². The van der Waals surface area contributed by atoms with Crippen molar-refractivity contribution in [2.24, 2.45) is 5.73 Å². The lowest BCUT2D eigenvalue weighted by Gasteiger charge is -2.22. The molecule has 0 aliphatic heterocycles. The molecule has 0 bridgehead atoms. The Kier molecular flexibility index (Phi) is 6.26. The van der Waals surface area contributed by atoms with Crippen molar-refractivity contribution in [3.05, 3.63) is 0 Å². The maximum atomic E-state index is 11.8. The van der Waals surface area contributed by atoms with Crippen LogP contribution in [0.5, 0.6) is 0 Å². The monoisotopic (exact) mass is 253 g/mol. The van der Waals surface area contributed by atoms with Crippen molar-refractivity contribution in [1.29, 1.82) is 0 Å². The number of hydrogen-bond acceptors (Lipinski definition) is 3. The van der Waals surface area contributed by atoms with Gasteiger partial charge in [0.25, 0.3) is 10.2 Å². The topological polar surface area (TPSA) is 75.4 Å². The average Bonchev–Trinajstić information content (AvgIpc) is 2.15. The first kappa shape index (κ1) is 14.8. The molecule has 3 N–H and O–H groups in total. The molecule has 0 radical (unpaired) electrons. The van der Waals surface area contributed by atoms with Crippen LogP contribution in [-0.4, -0.2) is 36.8 Å². The number of nitrogens with zero attached hydrogens (tertiary/aromatic N) is 1. The van der Waals surface area contributed by atoms with E-state index >= 15 is 0 Å². The van der Waals surface area contributed by atoms with Gasteiger partial charge in [-0.25, -0.2) is 0 Å². The molecule has 7 heteroatoms. The lowest BCUT2D eigenvalue weighted by Crippen LogP contribution is -2.49. The fourth-order valence-corrected chi connectivity index (χ4v) is 2.94. The van der Waals surface area contributed by atoms with E-state index in [9.17, 15) is 8.42 Å². The van der Waals surface area contributed by atoms with Crippen molar-refractivity contribution in [3.63, 3.8) is 0 Å². The van der Waals surface area contributed by atoms with Crippen LogP contribution in [0.2, 0.25) is 0 Å². The Morgan fingerprint density at radius 3 is 2.13 bits per heavy atom. The van der Waals surface area contributed by atoms with E-state index in [-0.39, 0.29) is 4.99 Å². The molecule has 0 heterocycles. The summed E-state index contributed by atoms with van der Waals surface area (Å²) >= 11 is 4.78. The van der Waals surface area contributed by atoms with Gasteiger partial charge in [-0.2, -0.15) is 17.4 Å². The minimum absolute atomic E-state index is 0.174. The molecule has 0 aliphatic rings. The normalized spacial score (nSPS) is 14.1. The minimum atomic E-state index is -3.46. The number of nitrogens with one attached hydrogen (secondary N) is 1. The first-order valence-electron chi connectivity index (χ1n) is 4.95. The predicted molar refractivity (Wildman–Crippen MR) is 65.8 cm³/mol. The average molecular weight is 253 g/mol. The van der Waals surface area contributed by atoms with E-state index in [1.54, 1.807) is 13.8 Å². The zero-order chi connectivity index (χ0) is 12.1. The Hall–Kier alpha value is -0.240. The third-order valence-electron chi connectivity index (χ3n) is 2.09. The fraction of sp³-hybridized carbons (Fsp3) is 0.875. The minimum Gasteiger partial charge on any atom is -0.392 e. The molecule has 0 saturated carbocycles. The number of hydrogen-bond donors (Lipinski definition) is 2. The summed E-state index contributed by atoms with van der Waals surface area (Å²) in [6.45, 7) is 6.25. The van der Waals surface area contributed by atoms with Crippen molar-refractivity contribution in [2.75, 3.05) is 13.1 Å². The van der Waals surface area contributed by atoms with E-state index < -0.39 is 16.3 Å². The molecule has 0 rings (SSSR count). The summed E-state index contributed by atoms with van der Waals surface area (Å²) in [5.74, 6) is 0. The molecule has 90 valence electrons. The highest BCUT2D eigenvalue weighted by atomic mass is 32.2. The third kappa shape index (κ3) is 4.42. The first-order chi connectivity index (χ1) is 6.88. The fourth-order valence-electron chi connectivity index (χ4n) is 1.16. The van der Waals surface area contributed by atoms with Gasteiger partial charge in [-0.15, -0.1) is 0 Å². The second kappa shape index (κ2) is 6.37. The molecule has 0 aromatic carbocycles. The van der Waals surface area contributed by atoms with Gasteiger partial charge in [0.1, 0.15) is 0 Å². The van der Waals surface area contributed by atoms with Gasteiger partial charge in [-0.3, -0.25) is 0 Å². The van der Waals surface area contributed by atoms with Crippen LogP contribution in [0.3, 0.4) is 0 Å². The van der Waals surface area contributed by atoms with Crippen LogP contribution in [-0.2, 0) is 10.2 Å². The Balaban J connectivity index is 4.68. The molecule has 0 spiro atoms. The molecular formula is C8H19N3O2S2. The van der Waals surface area contributed by atoms with E-state index in [1.165, 1.54) is 4.31 Å². The predicted octanol–water partition coefficient (Wildman–Crippen LogP) is 0.227. The van der Waals surface area contributed by atoms with Crippen LogP contribution < -0.4 is 10.5 Å². The molecule has 0 fully saturated rings. The SMILES string of the molecule is CCC(NS(=O)(=O)N(CC)CC)C(N)=S. The molecule has 1 unspecified atom stereocenters. The van der Waals surface area contributed by atoms with Gasteiger partial charge in [0.05, 0.1) is 11.0 Å². The maximum absolute atomic E-state index is 11.8. The molecular weight excluding hydrogens is 234 g/mol. The van der Waals surface area contributed by atoms with Gasteiger partial charge < -0.3 is 5.73 Å². The summed E-state index contributed by atoms with van der Waals surface area (Å²) in [6.07, 6.45) is 0.551. The van der Waals surface area contributed by atoms with E-state index in [4.69, 9.17) is 18.0 Å². The first-order valence-corrected chi connectivity index (χ1v) is 6.80. The lowest BCUT2D eigenvalue weighted by molar-refractivity contribution is 0.431. The Labute approximate surface area is 97.2 Å². The number of nitrogens with two attached hydrogens (primary N) is 1. The smallest absolute Gasteiger partial charge is 0.280 e. The molecule has 0 aliphatic carbocycles. The van der Waals surface area contributed by atoms with Gasteiger partial charge in [0.2, 0.25) is 0 Å². The van der Waals surface area contributed by atoms with Crippen molar-refractivity contribution in [2.45, 2.75) is 33.2 Å². The van der Waals surface area contributed by atoms with Crippen LogP contribution >= 0.6 is 12.2 Å². The second-order valence-corrected chi connectivity index (χ2v) is 5.24. The third-order valence-corrected chi connectivity index (χ3v) is 4.15. The van der Waals surface area contributed by atoms with Gasteiger partial charge in [-0.1, -0.05) is 33.0 Å². The Morgan fingerprint density at radius 2 is 1.87 bits per heavy atom. The summed E-state index contributed by atoms with van der Waals surface area (Å²) < 4.78 is 27.3. The molecule has 0 amide bonds. The summed E-state index contributed by atoms with van der Waals surface area (Å²) in [4.78, 5) is 0.174.